The molecule has 0 atom stereocenters. The monoisotopic (exact) mass is 294 g/mol. The molecule has 3 heteroatoms. The van der Waals surface area contributed by atoms with Gasteiger partial charge in [-0.2, -0.15) is 0 Å². The maximum atomic E-state index is 10.1. The second kappa shape index (κ2) is 4.29. The van der Waals surface area contributed by atoms with Gasteiger partial charge in [0.15, 0.2) is 11.4 Å². The molecule has 1 aliphatic heterocycles. The van der Waals surface area contributed by atoms with Gasteiger partial charge in [-0.25, -0.2) is 0 Å². The molecule has 0 radical (unpaired) electrons. The highest BCUT2D eigenvalue weighted by Gasteiger charge is 2.38. The lowest BCUT2D eigenvalue weighted by Crippen LogP contribution is -2.28. The first-order chi connectivity index (χ1) is 10.5. The van der Waals surface area contributed by atoms with E-state index in [0.29, 0.717) is 5.75 Å². The van der Waals surface area contributed by atoms with Crippen molar-refractivity contribution >= 4 is 11.0 Å². The SMILES string of the molecule is CCc1cc2c(cc1O)OC(C)(C)c1oc3ccccc3c1-2. The van der Waals surface area contributed by atoms with E-state index in [4.69, 9.17) is 9.15 Å². The van der Waals surface area contributed by atoms with Crippen LogP contribution >= 0.6 is 0 Å². The normalized spacial score (nSPS) is 15.2. The van der Waals surface area contributed by atoms with Crippen molar-refractivity contribution < 1.29 is 14.3 Å². The highest BCUT2D eigenvalue weighted by atomic mass is 16.5. The lowest BCUT2D eigenvalue weighted by molar-refractivity contribution is 0.0810. The third-order valence-corrected chi connectivity index (χ3v) is 4.34. The molecule has 3 aromatic rings. The van der Waals surface area contributed by atoms with Crippen molar-refractivity contribution in [3.05, 3.63) is 47.7 Å². The fourth-order valence-electron chi connectivity index (χ4n) is 3.23. The number of aromatic hydroxyl groups is 1. The molecule has 0 aliphatic carbocycles. The maximum absolute atomic E-state index is 10.1. The Morgan fingerprint density at radius 3 is 2.68 bits per heavy atom. The van der Waals surface area contributed by atoms with Crippen LogP contribution in [0.25, 0.3) is 22.1 Å². The van der Waals surface area contributed by atoms with Crippen molar-refractivity contribution in [3.8, 4) is 22.6 Å². The van der Waals surface area contributed by atoms with Gasteiger partial charge in [0.25, 0.3) is 0 Å². The molecule has 4 rings (SSSR count). The highest BCUT2D eigenvalue weighted by molar-refractivity contribution is 5.98. The van der Waals surface area contributed by atoms with Gasteiger partial charge in [-0.3, -0.25) is 0 Å². The summed E-state index contributed by atoms with van der Waals surface area (Å²) in [5, 5.41) is 11.2. The fourth-order valence-corrected chi connectivity index (χ4v) is 3.23. The standard InChI is InChI=1S/C19H18O3/c1-4-11-9-13-16(10-14(11)20)22-19(2,3)18-17(13)12-7-5-6-8-15(12)21-18/h5-10,20H,4H2,1-3H3. The van der Waals surface area contributed by atoms with Gasteiger partial charge >= 0.3 is 0 Å². The Bertz CT molecular complexity index is 887. The van der Waals surface area contributed by atoms with Crippen LogP contribution < -0.4 is 4.74 Å². The van der Waals surface area contributed by atoms with Crippen LogP contribution in [0.15, 0.2) is 40.8 Å². The predicted octanol–water partition coefficient (Wildman–Crippen LogP) is 5.00. The Labute approximate surface area is 129 Å². The van der Waals surface area contributed by atoms with E-state index in [9.17, 15) is 5.11 Å². The van der Waals surface area contributed by atoms with Crippen molar-refractivity contribution in [1.29, 1.82) is 0 Å². The van der Waals surface area contributed by atoms with E-state index in [-0.39, 0.29) is 5.75 Å². The second-order valence-electron chi connectivity index (χ2n) is 6.25. The minimum atomic E-state index is -0.568. The molecule has 1 N–H and O–H groups in total. The van der Waals surface area contributed by atoms with Crippen molar-refractivity contribution in [3.63, 3.8) is 0 Å². The van der Waals surface area contributed by atoms with Crippen LogP contribution in [0, 0.1) is 0 Å². The number of ether oxygens (including phenoxy) is 1. The third-order valence-electron chi connectivity index (χ3n) is 4.34. The minimum Gasteiger partial charge on any atom is -0.508 e. The molecule has 1 aromatic heterocycles. The van der Waals surface area contributed by atoms with Gasteiger partial charge < -0.3 is 14.3 Å². The molecule has 0 amide bonds. The smallest absolute Gasteiger partial charge is 0.161 e. The molecular formula is C19H18O3. The van der Waals surface area contributed by atoms with Crippen molar-refractivity contribution in [1.82, 2.24) is 0 Å². The first-order valence-corrected chi connectivity index (χ1v) is 7.58. The summed E-state index contributed by atoms with van der Waals surface area (Å²) in [7, 11) is 0. The Morgan fingerprint density at radius 1 is 1.14 bits per heavy atom. The number of fused-ring (bicyclic) bond motifs is 5. The zero-order valence-electron chi connectivity index (χ0n) is 12.9. The maximum Gasteiger partial charge on any atom is 0.161 e. The number of hydrogen-bond acceptors (Lipinski definition) is 3. The summed E-state index contributed by atoms with van der Waals surface area (Å²) in [5.41, 5.74) is 3.29. The van der Waals surface area contributed by atoms with E-state index in [0.717, 1.165) is 39.8 Å². The first kappa shape index (κ1) is 13.3. The largest absolute Gasteiger partial charge is 0.508 e. The molecule has 0 unspecified atom stereocenters. The molecule has 0 saturated heterocycles. The summed E-state index contributed by atoms with van der Waals surface area (Å²) >= 11 is 0. The number of furan rings is 1. The van der Waals surface area contributed by atoms with E-state index in [1.807, 2.05) is 45.0 Å². The number of para-hydroxylation sites is 1. The number of phenolic OH excluding ortho intramolecular Hbond substituents is 1. The second-order valence-corrected chi connectivity index (χ2v) is 6.25. The van der Waals surface area contributed by atoms with Crippen LogP contribution in [0.1, 0.15) is 32.1 Å². The van der Waals surface area contributed by atoms with Crippen molar-refractivity contribution in [2.75, 3.05) is 0 Å². The van der Waals surface area contributed by atoms with E-state index in [2.05, 4.69) is 6.07 Å². The average molecular weight is 294 g/mol. The number of aryl methyl sites for hydroxylation is 1. The average Bonchev–Trinajstić information content (AvgIpc) is 2.87. The number of phenols is 1. The topological polar surface area (TPSA) is 42.6 Å². The molecule has 0 fully saturated rings. The third kappa shape index (κ3) is 1.68. The lowest BCUT2D eigenvalue weighted by Gasteiger charge is -2.31. The zero-order chi connectivity index (χ0) is 15.5. The Kier molecular flexibility index (Phi) is 2.59. The molecule has 0 saturated carbocycles. The summed E-state index contributed by atoms with van der Waals surface area (Å²) < 4.78 is 12.2. The van der Waals surface area contributed by atoms with E-state index in [1.54, 1.807) is 6.07 Å². The quantitative estimate of drug-likeness (QED) is 0.687. The molecule has 112 valence electrons. The van der Waals surface area contributed by atoms with E-state index >= 15 is 0 Å². The van der Waals surface area contributed by atoms with Gasteiger partial charge in [0.2, 0.25) is 0 Å². The van der Waals surface area contributed by atoms with Gasteiger partial charge in [0.05, 0.1) is 0 Å². The number of rotatable bonds is 1. The Hall–Kier alpha value is -2.42. The van der Waals surface area contributed by atoms with Crippen LogP contribution in [-0.2, 0) is 12.0 Å². The van der Waals surface area contributed by atoms with Gasteiger partial charge in [-0.1, -0.05) is 25.1 Å². The van der Waals surface area contributed by atoms with Crippen molar-refractivity contribution in [2.45, 2.75) is 32.8 Å². The van der Waals surface area contributed by atoms with Crippen LogP contribution in [0.2, 0.25) is 0 Å². The summed E-state index contributed by atoms with van der Waals surface area (Å²) in [4.78, 5) is 0. The van der Waals surface area contributed by atoms with Gasteiger partial charge in [-0.15, -0.1) is 0 Å². The zero-order valence-corrected chi connectivity index (χ0v) is 12.9. The van der Waals surface area contributed by atoms with Gasteiger partial charge in [0.1, 0.15) is 17.1 Å². The molecule has 3 nitrogen and oxygen atoms in total. The predicted molar refractivity (Wildman–Crippen MR) is 86.3 cm³/mol. The summed E-state index contributed by atoms with van der Waals surface area (Å²) in [5.74, 6) is 1.83. The molecule has 0 spiro atoms. The molecular weight excluding hydrogens is 276 g/mol. The molecule has 1 aliphatic rings. The summed E-state index contributed by atoms with van der Waals surface area (Å²) in [6.45, 7) is 6.01. The summed E-state index contributed by atoms with van der Waals surface area (Å²) in [6.07, 6.45) is 0.771. The Balaban J connectivity index is 2.12. The van der Waals surface area contributed by atoms with Crippen LogP contribution in [-0.4, -0.2) is 5.11 Å². The van der Waals surface area contributed by atoms with Crippen LogP contribution in [0.4, 0.5) is 0 Å². The fraction of sp³-hybridized carbons (Fsp3) is 0.263. The van der Waals surface area contributed by atoms with Crippen LogP contribution in [0.5, 0.6) is 11.5 Å². The molecule has 2 aromatic carbocycles. The van der Waals surface area contributed by atoms with Gasteiger partial charge in [-0.05, 0) is 38.0 Å². The molecule has 22 heavy (non-hydrogen) atoms. The van der Waals surface area contributed by atoms with Gasteiger partial charge in [0, 0.05) is 22.6 Å². The lowest BCUT2D eigenvalue weighted by atomic mass is 9.89. The van der Waals surface area contributed by atoms with Crippen molar-refractivity contribution in [2.24, 2.45) is 0 Å². The Morgan fingerprint density at radius 2 is 1.91 bits per heavy atom. The number of hydrogen-bond donors (Lipinski definition) is 1. The van der Waals surface area contributed by atoms with E-state index < -0.39 is 5.60 Å². The summed E-state index contributed by atoms with van der Waals surface area (Å²) in [6, 6.07) is 11.8. The minimum absolute atomic E-state index is 0.285. The van der Waals surface area contributed by atoms with E-state index in [1.165, 1.54) is 0 Å². The number of benzene rings is 2. The van der Waals surface area contributed by atoms with Crippen LogP contribution in [0.3, 0.4) is 0 Å². The molecule has 2 heterocycles. The highest BCUT2D eigenvalue weighted by Crippen LogP contribution is 2.51. The molecule has 0 bridgehead atoms. The first-order valence-electron chi connectivity index (χ1n) is 7.58.